The first kappa shape index (κ1) is 45.8. The number of halogens is 3. The van der Waals surface area contributed by atoms with Crippen LogP contribution in [0.4, 0.5) is 20.4 Å². The molecule has 2 heterocycles. The third-order valence-corrected chi connectivity index (χ3v) is 9.62. The van der Waals surface area contributed by atoms with Crippen molar-refractivity contribution in [2.75, 3.05) is 11.1 Å². The van der Waals surface area contributed by atoms with Gasteiger partial charge in [0.15, 0.2) is 10.9 Å². The number of aromatic nitrogens is 4. The number of carbonyl (C=O) groups excluding carboxylic acids is 2. The van der Waals surface area contributed by atoms with E-state index < -0.39 is 11.1 Å². The van der Waals surface area contributed by atoms with Crippen LogP contribution in [0.2, 0.25) is 0 Å². The molecule has 64 heavy (non-hydrogen) atoms. The van der Waals surface area contributed by atoms with Crippen LogP contribution in [0.1, 0.15) is 43.0 Å². The Hall–Kier alpha value is -7.68. The second-order valence-electron chi connectivity index (χ2n) is 14.1. The summed E-state index contributed by atoms with van der Waals surface area (Å²) in [6.07, 6.45) is 0. The third-order valence-electron chi connectivity index (χ3n) is 9.19. The lowest BCUT2D eigenvalue weighted by Gasteiger charge is -2.08. The van der Waals surface area contributed by atoms with E-state index >= 15 is 0 Å². The molecule has 8 rings (SSSR count). The summed E-state index contributed by atoms with van der Waals surface area (Å²) in [5.41, 5.74) is 12.5. The fourth-order valence-electron chi connectivity index (χ4n) is 5.80. The number of rotatable bonds is 11. The van der Waals surface area contributed by atoms with E-state index in [1.165, 1.54) is 12.1 Å². The van der Waals surface area contributed by atoms with Gasteiger partial charge in [0, 0.05) is 46.5 Å². The van der Waals surface area contributed by atoms with Crippen molar-refractivity contribution in [1.82, 2.24) is 25.7 Å². The molecule has 6 aromatic carbocycles. The van der Waals surface area contributed by atoms with Crippen molar-refractivity contribution in [2.45, 2.75) is 27.1 Å². The van der Waals surface area contributed by atoms with E-state index in [0.29, 0.717) is 70.0 Å². The van der Waals surface area contributed by atoms with Gasteiger partial charge in [-0.05, 0) is 97.3 Å². The number of nitrogen functional groups attached to an aromatic ring is 1. The summed E-state index contributed by atoms with van der Waals surface area (Å²) in [5, 5.41) is 18.4. The second kappa shape index (κ2) is 22.4. The molecular weight excluding hydrogens is 856 g/mol. The van der Waals surface area contributed by atoms with Gasteiger partial charge in [0.2, 0.25) is 0 Å². The van der Waals surface area contributed by atoms with E-state index in [0.717, 1.165) is 22.3 Å². The Kier molecular flexibility index (Phi) is 16.1. The van der Waals surface area contributed by atoms with Crippen molar-refractivity contribution in [1.29, 1.82) is 0 Å². The van der Waals surface area contributed by atoms with E-state index in [1.54, 1.807) is 60.7 Å². The number of benzene rings is 6. The minimum Gasteiger partial charge on any atom is -0.489 e. The summed E-state index contributed by atoms with van der Waals surface area (Å²) in [6.45, 7) is 4.65. The largest absolute Gasteiger partial charge is 0.489 e. The molecule has 0 aliphatic rings. The topological polar surface area (TPSA) is 160 Å². The molecule has 0 bridgehead atoms. The van der Waals surface area contributed by atoms with Gasteiger partial charge in [-0.25, -0.2) is 8.78 Å². The maximum Gasteiger partial charge on any atom is 0.257 e. The fraction of sp³-hybridized carbons (Fsp3) is 0.0816. The Bertz CT molecular complexity index is 2810. The number of H-pyrrole nitrogens is 2. The molecule has 324 valence electrons. The Balaban J connectivity index is 0.000000185. The predicted molar refractivity (Wildman–Crippen MR) is 250 cm³/mol. The number of aryl methyl sites for hydroxylation is 2. The molecule has 0 saturated heterocycles. The van der Waals surface area contributed by atoms with Crippen LogP contribution in [-0.2, 0) is 13.2 Å². The molecule has 0 atom stereocenters. The minimum absolute atomic E-state index is 0.0868. The highest BCUT2D eigenvalue weighted by Gasteiger charge is 2.14. The van der Waals surface area contributed by atoms with Gasteiger partial charge in [0.1, 0.15) is 42.2 Å². The molecule has 0 aliphatic carbocycles. The number of ether oxygens (including phenoxy) is 2. The number of anilines is 2. The number of nitrogens with two attached hydrogens (primary N) is 1. The summed E-state index contributed by atoms with van der Waals surface area (Å²) in [5.74, 6) is 0.415. The molecule has 0 aliphatic heterocycles. The summed E-state index contributed by atoms with van der Waals surface area (Å²) in [6, 6.07) is 46.2. The molecule has 6 N–H and O–H groups in total. The monoisotopic (exact) mass is 897 g/mol. The Labute approximate surface area is 378 Å². The Morgan fingerprint density at radius 1 is 0.641 bits per heavy atom. The third kappa shape index (κ3) is 13.7. The van der Waals surface area contributed by atoms with Crippen molar-refractivity contribution < 1.29 is 27.8 Å². The first-order valence-electron chi connectivity index (χ1n) is 19.6. The van der Waals surface area contributed by atoms with Gasteiger partial charge >= 0.3 is 0 Å². The van der Waals surface area contributed by atoms with Crippen LogP contribution in [0, 0.1) is 25.5 Å². The average molecular weight is 898 g/mol. The number of nitrogens with one attached hydrogen (secondary N) is 4. The van der Waals surface area contributed by atoms with Crippen molar-refractivity contribution in [3.63, 3.8) is 0 Å². The van der Waals surface area contributed by atoms with Crippen LogP contribution in [-0.4, -0.2) is 36.7 Å². The normalized spacial score (nSPS) is 10.3. The van der Waals surface area contributed by atoms with Gasteiger partial charge in [-0.15, -0.1) is 0 Å². The lowest BCUT2D eigenvalue weighted by molar-refractivity contribution is 0.0977. The first-order chi connectivity index (χ1) is 30.9. The van der Waals surface area contributed by atoms with Gasteiger partial charge in [0.05, 0.1) is 11.4 Å². The fourth-order valence-corrected chi connectivity index (χ4v) is 6.12. The number of aromatic amines is 2. The Morgan fingerprint density at radius 3 is 1.56 bits per heavy atom. The van der Waals surface area contributed by atoms with Crippen molar-refractivity contribution >= 4 is 51.7 Å². The minimum atomic E-state index is -0.453. The van der Waals surface area contributed by atoms with Crippen LogP contribution in [0.3, 0.4) is 0 Å². The summed E-state index contributed by atoms with van der Waals surface area (Å²) >= 11 is 10.4. The first-order valence-corrected chi connectivity index (χ1v) is 20.4. The maximum absolute atomic E-state index is 14.7. The number of carbonyl (C=O) groups is 2. The lowest BCUT2D eigenvalue weighted by Crippen LogP contribution is -2.34. The maximum atomic E-state index is 14.7. The van der Waals surface area contributed by atoms with E-state index in [2.05, 4.69) is 31.0 Å². The zero-order valence-corrected chi connectivity index (χ0v) is 36.1. The van der Waals surface area contributed by atoms with Crippen molar-refractivity contribution in [3.05, 3.63) is 203 Å². The number of amides is 1. The molecule has 0 radical (unpaired) electrons. The molecular formula is C49H42ClF2N7O4S. The summed E-state index contributed by atoms with van der Waals surface area (Å²) in [7, 11) is 0. The van der Waals surface area contributed by atoms with Gasteiger partial charge < -0.3 is 20.5 Å². The zero-order chi connectivity index (χ0) is 45.4. The van der Waals surface area contributed by atoms with Crippen LogP contribution in [0.15, 0.2) is 158 Å². The smallest absolute Gasteiger partial charge is 0.257 e. The molecule has 8 aromatic rings. The molecule has 2 aromatic heterocycles. The van der Waals surface area contributed by atoms with Gasteiger partial charge in [-0.1, -0.05) is 96.1 Å². The SMILES string of the molecule is Cc1ccc(C(=O)Cl)cc1.Cc1ccc(C(=O)NC(=S)Nc2cc(-c3ccc(OCc4ccccc4)cc3F)[nH]n2)cc1.Nc1cc(-c2ccc(OCc3ccccc3)cc2F)[nH]n1. The molecule has 15 heteroatoms. The van der Waals surface area contributed by atoms with E-state index in [4.69, 9.17) is 39.0 Å². The second-order valence-corrected chi connectivity index (χ2v) is 14.9. The van der Waals surface area contributed by atoms with Crippen LogP contribution < -0.4 is 25.8 Å². The number of thiocarbonyl (C=S) groups is 1. The van der Waals surface area contributed by atoms with Crippen molar-refractivity contribution in [2.24, 2.45) is 0 Å². The zero-order valence-electron chi connectivity index (χ0n) is 34.6. The standard InChI is InChI=1S/C25H21FN4O2S.C16H14FN3O.C8H7ClO/c1-16-7-9-18(10-8-16)24(31)28-25(33)27-23-14-22(29-30-23)20-12-11-19(13-21(20)26)32-15-17-5-3-2-4-6-17;17-14-8-12(21-10-11-4-2-1-3-5-11)6-7-13(14)15-9-16(18)20-19-15;1-6-2-4-7(5-3-6)8(9)10/h2-14H,15H2,1H3,(H3,27,28,29,30,31,33);1-9H,10H2,(H3,18,19,20);2-5H,1H3. The van der Waals surface area contributed by atoms with Gasteiger partial charge in [-0.2, -0.15) is 10.2 Å². The lowest BCUT2D eigenvalue weighted by atomic mass is 10.1. The van der Waals surface area contributed by atoms with Crippen LogP contribution in [0.5, 0.6) is 11.5 Å². The highest BCUT2D eigenvalue weighted by Crippen LogP contribution is 2.28. The Morgan fingerprint density at radius 2 is 1.11 bits per heavy atom. The van der Waals surface area contributed by atoms with Crippen LogP contribution in [0.25, 0.3) is 22.5 Å². The number of nitrogens with zero attached hydrogens (tertiary/aromatic N) is 2. The molecule has 0 spiro atoms. The quantitative estimate of drug-likeness (QED) is 0.0629. The molecule has 1 amide bonds. The van der Waals surface area contributed by atoms with Gasteiger partial charge in [0.25, 0.3) is 11.1 Å². The molecule has 0 fully saturated rings. The molecule has 0 unspecified atom stereocenters. The van der Waals surface area contributed by atoms with Gasteiger partial charge in [-0.3, -0.25) is 25.1 Å². The van der Waals surface area contributed by atoms with E-state index in [-0.39, 0.29) is 16.8 Å². The summed E-state index contributed by atoms with van der Waals surface area (Å²) in [4.78, 5) is 22.8. The van der Waals surface area contributed by atoms with E-state index in [9.17, 15) is 18.4 Å². The highest BCUT2D eigenvalue weighted by molar-refractivity contribution is 7.80. The highest BCUT2D eigenvalue weighted by atomic mass is 35.5. The van der Waals surface area contributed by atoms with E-state index in [1.807, 2.05) is 98.8 Å². The average Bonchev–Trinajstić information content (AvgIpc) is 3.95. The van der Waals surface area contributed by atoms with Crippen molar-refractivity contribution in [3.8, 4) is 34.0 Å². The number of hydrogen-bond acceptors (Lipinski definition) is 8. The molecule has 11 nitrogen and oxygen atoms in total. The molecule has 0 saturated carbocycles. The summed E-state index contributed by atoms with van der Waals surface area (Å²) < 4.78 is 40.0. The van der Waals surface area contributed by atoms with Crippen LogP contribution >= 0.6 is 23.8 Å². The predicted octanol–water partition coefficient (Wildman–Crippen LogP) is 11.0. The number of hydrogen-bond donors (Lipinski definition) is 5.